The summed E-state index contributed by atoms with van der Waals surface area (Å²) in [5, 5.41) is 9.56. The number of rotatable bonds is 13. The van der Waals surface area contributed by atoms with Crippen molar-refractivity contribution in [2.45, 2.75) is 87.0 Å². The van der Waals surface area contributed by atoms with Gasteiger partial charge in [0.15, 0.2) is 5.88 Å². The van der Waals surface area contributed by atoms with Crippen molar-refractivity contribution in [3.63, 3.8) is 0 Å². The molecular formula is C27H62N4OS. The van der Waals surface area contributed by atoms with Gasteiger partial charge in [-0.25, -0.2) is 0 Å². The quantitative estimate of drug-likeness (QED) is 0.155. The van der Waals surface area contributed by atoms with Crippen LogP contribution in [0.4, 0.5) is 0 Å². The average Bonchev–Trinajstić information content (AvgIpc) is 2.77. The van der Waals surface area contributed by atoms with Gasteiger partial charge in [-0.1, -0.05) is 80.4 Å². The van der Waals surface area contributed by atoms with Crippen molar-refractivity contribution >= 4 is 18.5 Å². The van der Waals surface area contributed by atoms with Gasteiger partial charge in [-0.3, -0.25) is 0 Å². The lowest BCUT2D eigenvalue weighted by Crippen LogP contribution is -2.13. The van der Waals surface area contributed by atoms with E-state index in [9.17, 15) is 0 Å². The Bertz CT molecular complexity index is 398. The zero-order chi connectivity index (χ0) is 26.4. The molecule has 0 aliphatic carbocycles. The Kier molecular flexibility index (Phi) is 55.6. The monoisotopic (exact) mass is 490 g/mol. The highest BCUT2D eigenvalue weighted by Gasteiger charge is 1.94. The van der Waals surface area contributed by atoms with Crippen LogP contribution in [0.1, 0.15) is 87.0 Å². The van der Waals surface area contributed by atoms with E-state index in [1.807, 2.05) is 52.0 Å². The molecule has 0 aromatic carbocycles. The molecule has 0 saturated heterocycles. The fourth-order valence-corrected chi connectivity index (χ4v) is 2.05. The predicted molar refractivity (Wildman–Crippen MR) is 160 cm³/mol. The minimum absolute atomic E-state index is 0. The topological polar surface area (TPSA) is 51.6 Å². The van der Waals surface area contributed by atoms with Gasteiger partial charge in [0.05, 0.1) is 11.6 Å². The van der Waals surface area contributed by atoms with Crippen LogP contribution in [0.25, 0.3) is 0 Å². The van der Waals surface area contributed by atoms with E-state index in [1.54, 1.807) is 11.8 Å². The van der Waals surface area contributed by atoms with Crippen LogP contribution in [0.5, 0.6) is 0 Å². The second kappa shape index (κ2) is 40.8. The number of thioether (sulfide) groups is 1. The highest BCUT2D eigenvalue weighted by molar-refractivity contribution is 8.02. The molecule has 0 aliphatic heterocycles. The summed E-state index contributed by atoms with van der Waals surface area (Å²) in [5.74, 6) is 1.93. The first-order valence-corrected chi connectivity index (χ1v) is 12.7. The van der Waals surface area contributed by atoms with Crippen LogP contribution in [0, 0.1) is 5.41 Å². The van der Waals surface area contributed by atoms with Crippen LogP contribution >= 0.6 is 11.8 Å². The molecule has 0 saturated carbocycles. The number of unbranched alkanes of at least 4 members (excludes halogenated alkanes) is 4. The Morgan fingerprint density at radius 2 is 1.21 bits per heavy atom. The molecule has 0 fully saturated rings. The van der Waals surface area contributed by atoms with Crippen LogP contribution in [0.2, 0.25) is 0 Å². The van der Waals surface area contributed by atoms with Gasteiger partial charge >= 0.3 is 0 Å². The normalized spacial score (nSPS) is 8.06. The van der Waals surface area contributed by atoms with E-state index >= 15 is 0 Å². The SMILES string of the molecule is C.C=C(C)N(C)C.C=C(NC)SCCCC.C=C(OCCCC)N(C)C.C=N.CCCCC. The first kappa shape index (κ1) is 45.0. The largest absolute Gasteiger partial charge is 0.480 e. The van der Waals surface area contributed by atoms with Crippen molar-refractivity contribution in [3.8, 4) is 0 Å². The molecule has 0 unspecified atom stereocenters. The lowest BCUT2D eigenvalue weighted by atomic mass is 10.3. The van der Waals surface area contributed by atoms with Crippen LogP contribution in [0.3, 0.4) is 0 Å². The smallest absolute Gasteiger partial charge is 0.181 e. The summed E-state index contributed by atoms with van der Waals surface area (Å²) in [6, 6.07) is 0. The number of hydrogen-bond acceptors (Lipinski definition) is 6. The molecule has 0 aliphatic rings. The zero-order valence-electron chi connectivity index (χ0n) is 23.4. The van der Waals surface area contributed by atoms with Gasteiger partial charge in [-0.2, -0.15) is 0 Å². The lowest BCUT2D eigenvalue weighted by Gasteiger charge is -2.15. The van der Waals surface area contributed by atoms with Crippen LogP contribution < -0.4 is 5.32 Å². The molecule has 0 aromatic rings. The molecule has 33 heavy (non-hydrogen) atoms. The Balaban J connectivity index is -0.0000000732. The van der Waals surface area contributed by atoms with Gasteiger partial charge in [-0.05, 0) is 38.8 Å². The van der Waals surface area contributed by atoms with E-state index in [1.165, 1.54) is 44.3 Å². The van der Waals surface area contributed by atoms with Crippen molar-refractivity contribution in [1.82, 2.24) is 15.1 Å². The average molecular weight is 491 g/mol. The lowest BCUT2D eigenvalue weighted by molar-refractivity contribution is 0.140. The first-order valence-electron chi connectivity index (χ1n) is 11.7. The standard InChI is InChI=1S/C8H17NO.C7H15NS.C5H11N.C5H12.CH3N.CH4/c1-5-6-7-10-8(2)9(3)4;1-4-5-6-9-7(2)8-3;1-5(2)6(3)4;1-3-5-4-2;1-2;/h2,5-7H2,1,3-4H3;8H,2,4-6H2,1,3H3;1H2,2-4H3;3-5H2,1-2H3;2H,1H2;1H4. The highest BCUT2D eigenvalue weighted by atomic mass is 32.2. The maximum absolute atomic E-state index is 5.50. The van der Waals surface area contributed by atoms with Crippen molar-refractivity contribution in [3.05, 3.63) is 36.3 Å². The van der Waals surface area contributed by atoms with Crippen LogP contribution in [-0.4, -0.2) is 64.1 Å². The molecule has 0 heterocycles. The third-order valence-electron chi connectivity index (χ3n) is 3.79. The Morgan fingerprint density at radius 3 is 1.45 bits per heavy atom. The van der Waals surface area contributed by atoms with Crippen molar-refractivity contribution in [2.24, 2.45) is 0 Å². The molecule has 202 valence electrons. The fraction of sp³-hybridized carbons (Fsp3) is 0.741. The van der Waals surface area contributed by atoms with E-state index < -0.39 is 0 Å². The second-order valence-electron chi connectivity index (χ2n) is 7.35. The fourth-order valence-electron chi connectivity index (χ4n) is 1.23. The maximum Gasteiger partial charge on any atom is 0.181 e. The maximum atomic E-state index is 5.50. The van der Waals surface area contributed by atoms with E-state index in [0.717, 1.165) is 29.6 Å². The molecule has 0 spiro atoms. The van der Waals surface area contributed by atoms with Gasteiger partial charge in [-0.15, -0.1) is 11.8 Å². The summed E-state index contributed by atoms with van der Waals surface area (Å²) in [6.07, 6.45) is 8.90. The van der Waals surface area contributed by atoms with E-state index in [0.29, 0.717) is 0 Å². The van der Waals surface area contributed by atoms with Crippen molar-refractivity contribution in [1.29, 1.82) is 5.41 Å². The number of hydrogen-bond donors (Lipinski definition) is 2. The highest BCUT2D eigenvalue weighted by Crippen LogP contribution is 2.10. The summed E-state index contributed by atoms with van der Waals surface area (Å²) in [4.78, 5) is 3.84. The number of allylic oxidation sites excluding steroid dienone is 1. The molecule has 0 rings (SSSR count). The van der Waals surface area contributed by atoms with E-state index in [-0.39, 0.29) is 7.43 Å². The molecule has 0 bridgehead atoms. The molecule has 5 nitrogen and oxygen atoms in total. The molecule has 0 amide bonds. The number of nitrogens with zero attached hydrogens (tertiary/aromatic N) is 2. The molecule has 0 atom stereocenters. The van der Waals surface area contributed by atoms with Gasteiger partial charge in [0.1, 0.15) is 0 Å². The van der Waals surface area contributed by atoms with Crippen molar-refractivity contribution < 1.29 is 4.74 Å². The van der Waals surface area contributed by atoms with Gasteiger partial charge in [0.25, 0.3) is 0 Å². The Labute approximate surface area is 214 Å². The third kappa shape index (κ3) is 58.9. The van der Waals surface area contributed by atoms with E-state index in [4.69, 9.17) is 10.1 Å². The molecule has 2 N–H and O–H groups in total. The molecule has 0 radical (unpaired) electrons. The molecular weight excluding hydrogens is 428 g/mol. The van der Waals surface area contributed by atoms with Gasteiger partial charge < -0.3 is 25.3 Å². The minimum atomic E-state index is 0. The summed E-state index contributed by atoms with van der Waals surface area (Å²) >= 11 is 1.80. The first-order chi connectivity index (χ1) is 15.0. The third-order valence-corrected chi connectivity index (χ3v) is 4.83. The Morgan fingerprint density at radius 1 is 0.818 bits per heavy atom. The van der Waals surface area contributed by atoms with Gasteiger partial charge in [0, 0.05) is 40.9 Å². The van der Waals surface area contributed by atoms with Crippen LogP contribution in [0.15, 0.2) is 36.3 Å². The summed E-state index contributed by atoms with van der Waals surface area (Å²) in [5.41, 5.74) is 1.09. The minimum Gasteiger partial charge on any atom is -0.480 e. The molecule has 6 heteroatoms. The summed E-state index contributed by atoms with van der Waals surface area (Å²) in [6.45, 7) is 25.2. The number of ether oxygens (including phenoxy) is 1. The number of nitrogens with one attached hydrogen (secondary N) is 2. The van der Waals surface area contributed by atoms with Crippen molar-refractivity contribution in [2.75, 3.05) is 47.6 Å². The summed E-state index contributed by atoms with van der Waals surface area (Å²) < 4.78 is 5.28. The Hall–Kier alpha value is -1.56. The van der Waals surface area contributed by atoms with E-state index in [2.05, 4.69) is 59.5 Å². The summed E-state index contributed by atoms with van der Waals surface area (Å²) in [7, 11) is 9.70. The second-order valence-corrected chi connectivity index (χ2v) is 8.54. The predicted octanol–water partition coefficient (Wildman–Crippen LogP) is 8.23. The molecule has 0 aromatic heterocycles. The van der Waals surface area contributed by atoms with Crippen LogP contribution in [-0.2, 0) is 4.74 Å². The zero-order valence-corrected chi connectivity index (χ0v) is 24.2. The van der Waals surface area contributed by atoms with Gasteiger partial charge in [0.2, 0.25) is 0 Å².